The summed E-state index contributed by atoms with van der Waals surface area (Å²) in [4.78, 5) is 0. The highest BCUT2D eigenvalue weighted by atomic mass is 19.3. The zero-order valence-corrected chi connectivity index (χ0v) is 14.8. The zero-order valence-electron chi connectivity index (χ0n) is 14.8. The van der Waals surface area contributed by atoms with Crippen LogP contribution in [0, 0.1) is 0 Å². The van der Waals surface area contributed by atoms with Gasteiger partial charge in [0.2, 0.25) is 0 Å². The lowest BCUT2D eigenvalue weighted by molar-refractivity contribution is -0.254. The maximum Gasteiger partial charge on any atom is 0.380 e. The lowest BCUT2D eigenvalue weighted by Crippen LogP contribution is -2.49. The molecule has 0 aliphatic heterocycles. The Morgan fingerprint density at radius 3 is 1.81 bits per heavy atom. The largest absolute Gasteiger partial charge is 0.380 e. The Bertz CT molecular complexity index is 881. The molecule has 1 aliphatic carbocycles. The molecule has 2 aromatic carbocycles. The van der Waals surface area contributed by atoms with Crippen molar-refractivity contribution in [2.75, 3.05) is 0 Å². The van der Waals surface area contributed by atoms with Crippen LogP contribution in [0.3, 0.4) is 0 Å². The summed E-state index contributed by atoms with van der Waals surface area (Å²) in [6.45, 7) is 3.48. The number of hydrogen-bond donors (Lipinski definition) is 0. The minimum atomic E-state index is -5.52. The number of allylic oxidation sites excluding steroid dienone is 2. The molecule has 0 saturated heterocycles. The van der Waals surface area contributed by atoms with Gasteiger partial charge in [-0.15, -0.1) is 0 Å². The smallest absolute Gasteiger partial charge is 0.194 e. The van der Waals surface area contributed by atoms with E-state index in [4.69, 9.17) is 0 Å². The molecule has 0 amide bonds. The van der Waals surface area contributed by atoms with Crippen molar-refractivity contribution in [1.29, 1.82) is 0 Å². The van der Waals surface area contributed by atoms with Crippen molar-refractivity contribution in [3.63, 3.8) is 0 Å². The molecule has 2 aromatic rings. The van der Waals surface area contributed by atoms with E-state index in [1.807, 2.05) is 0 Å². The summed E-state index contributed by atoms with van der Waals surface area (Å²) in [5.74, 6) is -15.5. The quantitative estimate of drug-likeness (QED) is 0.518. The molecule has 0 bridgehead atoms. The number of alkyl halides is 6. The highest BCUT2D eigenvalue weighted by Crippen LogP contribution is 2.64. The average Bonchev–Trinajstić information content (AvgIpc) is 2.75. The number of benzene rings is 2. The lowest BCUT2D eigenvalue weighted by atomic mass is 9.88. The first-order valence-corrected chi connectivity index (χ1v) is 8.66. The fourth-order valence-corrected chi connectivity index (χ4v) is 3.68. The number of hydrogen-bond acceptors (Lipinski definition) is 0. The number of halogens is 6. The van der Waals surface area contributed by atoms with Gasteiger partial charge in [-0.2, -0.15) is 26.3 Å². The maximum absolute atomic E-state index is 14.8. The summed E-state index contributed by atoms with van der Waals surface area (Å²) >= 11 is 0. The van der Waals surface area contributed by atoms with Crippen molar-refractivity contribution in [3.8, 4) is 0 Å². The SMILES string of the molecule is CCc1cccc(C2=C(c3ccccc3)C(F)(F)C(F)(F)C2(F)F)c1CC. The molecule has 0 aromatic heterocycles. The van der Waals surface area contributed by atoms with Crippen molar-refractivity contribution >= 4 is 11.1 Å². The van der Waals surface area contributed by atoms with Crippen LogP contribution in [0.15, 0.2) is 48.5 Å². The van der Waals surface area contributed by atoms with Crippen molar-refractivity contribution in [1.82, 2.24) is 0 Å². The summed E-state index contributed by atoms with van der Waals surface area (Å²) in [6.07, 6.45) is 0.738. The molecule has 0 nitrogen and oxygen atoms in total. The predicted octanol–water partition coefficient (Wildman–Crippen LogP) is 6.64. The third kappa shape index (κ3) is 2.60. The Labute approximate surface area is 153 Å². The van der Waals surface area contributed by atoms with Gasteiger partial charge in [0.25, 0.3) is 0 Å². The zero-order chi connectivity index (χ0) is 20.0. The molecule has 0 saturated carbocycles. The first-order valence-electron chi connectivity index (χ1n) is 8.66. The predicted molar refractivity (Wildman–Crippen MR) is 93.3 cm³/mol. The molecule has 0 heterocycles. The van der Waals surface area contributed by atoms with Crippen molar-refractivity contribution < 1.29 is 26.3 Å². The molecular weight excluding hydrogens is 366 g/mol. The average molecular weight is 384 g/mol. The second-order valence-corrected chi connectivity index (χ2v) is 6.49. The van der Waals surface area contributed by atoms with Gasteiger partial charge in [-0.25, -0.2) is 0 Å². The fourth-order valence-electron chi connectivity index (χ4n) is 3.68. The van der Waals surface area contributed by atoms with Crippen LogP contribution in [0.1, 0.15) is 36.1 Å². The molecule has 0 radical (unpaired) electrons. The molecule has 3 rings (SSSR count). The van der Waals surface area contributed by atoms with E-state index < -0.39 is 28.9 Å². The second kappa shape index (κ2) is 6.43. The molecule has 1 aliphatic rings. The van der Waals surface area contributed by atoms with E-state index in [9.17, 15) is 26.3 Å². The first-order chi connectivity index (χ1) is 12.6. The van der Waals surface area contributed by atoms with E-state index in [1.54, 1.807) is 19.9 Å². The van der Waals surface area contributed by atoms with E-state index in [2.05, 4.69) is 0 Å². The Morgan fingerprint density at radius 2 is 1.26 bits per heavy atom. The van der Waals surface area contributed by atoms with Crippen LogP contribution in [0.2, 0.25) is 0 Å². The summed E-state index contributed by atoms with van der Waals surface area (Å²) < 4.78 is 87.3. The van der Waals surface area contributed by atoms with Crippen molar-refractivity contribution in [3.05, 3.63) is 70.8 Å². The van der Waals surface area contributed by atoms with Crippen LogP contribution in [0.5, 0.6) is 0 Å². The van der Waals surface area contributed by atoms with Gasteiger partial charge >= 0.3 is 17.8 Å². The summed E-state index contributed by atoms with van der Waals surface area (Å²) in [6, 6.07) is 10.9. The number of rotatable bonds is 4. The van der Waals surface area contributed by atoms with Gasteiger partial charge in [-0.05, 0) is 35.1 Å². The van der Waals surface area contributed by atoms with Crippen molar-refractivity contribution in [2.24, 2.45) is 0 Å². The van der Waals surface area contributed by atoms with Gasteiger partial charge in [-0.1, -0.05) is 62.4 Å². The molecular formula is C21H18F6. The number of aryl methyl sites for hydroxylation is 1. The minimum absolute atomic E-state index is 0.238. The van der Waals surface area contributed by atoms with Gasteiger partial charge in [0.05, 0.1) is 0 Å². The Balaban J connectivity index is 2.45. The molecule has 6 heteroatoms. The third-order valence-corrected chi connectivity index (χ3v) is 5.01. The van der Waals surface area contributed by atoms with Crippen LogP contribution in [0.25, 0.3) is 11.1 Å². The molecule has 0 atom stereocenters. The Hall–Kier alpha value is -2.24. The fraction of sp³-hybridized carbons (Fsp3) is 0.333. The third-order valence-electron chi connectivity index (χ3n) is 5.01. The molecule has 0 spiro atoms. The van der Waals surface area contributed by atoms with E-state index in [0.29, 0.717) is 17.5 Å². The van der Waals surface area contributed by atoms with Crippen LogP contribution in [-0.4, -0.2) is 17.8 Å². The molecule has 27 heavy (non-hydrogen) atoms. The van der Waals surface area contributed by atoms with Crippen molar-refractivity contribution in [2.45, 2.75) is 44.5 Å². The highest BCUT2D eigenvalue weighted by molar-refractivity contribution is 6.01. The molecule has 0 fully saturated rings. The highest BCUT2D eigenvalue weighted by Gasteiger charge is 2.80. The lowest BCUT2D eigenvalue weighted by Gasteiger charge is -2.26. The van der Waals surface area contributed by atoms with Crippen LogP contribution >= 0.6 is 0 Å². The van der Waals surface area contributed by atoms with Gasteiger partial charge in [0, 0.05) is 11.1 Å². The van der Waals surface area contributed by atoms with Gasteiger partial charge in [0.15, 0.2) is 0 Å². The van der Waals surface area contributed by atoms with E-state index in [1.165, 1.54) is 30.3 Å². The topological polar surface area (TPSA) is 0 Å². The Kier molecular flexibility index (Phi) is 4.65. The summed E-state index contributed by atoms with van der Waals surface area (Å²) in [7, 11) is 0. The van der Waals surface area contributed by atoms with Gasteiger partial charge < -0.3 is 0 Å². The molecule has 0 N–H and O–H groups in total. The summed E-state index contributed by atoms with van der Waals surface area (Å²) in [5.41, 5.74) is -2.10. The van der Waals surface area contributed by atoms with E-state index in [-0.39, 0.29) is 17.5 Å². The van der Waals surface area contributed by atoms with Crippen LogP contribution in [0.4, 0.5) is 26.3 Å². The van der Waals surface area contributed by atoms with Crippen LogP contribution in [-0.2, 0) is 12.8 Å². The van der Waals surface area contributed by atoms with Gasteiger partial charge in [-0.3, -0.25) is 0 Å². The summed E-state index contributed by atoms with van der Waals surface area (Å²) in [5, 5.41) is 0. The minimum Gasteiger partial charge on any atom is -0.194 e. The molecule has 144 valence electrons. The van der Waals surface area contributed by atoms with Crippen LogP contribution < -0.4 is 0 Å². The standard InChI is InChI=1S/C21H18F6/c1-3-13-11-8-12-16(15(13)4-2)18-17(14-9-6-5-7-10-14)19(22,23)21(26,27)20(18,24)25/h5-12H,3-4H2,1-2H3. The van der Waals surface area contributed by atoms with E-state index in [0.717, 1.165) is 12.1 Å². The Morgan fingerprint density at radius 1 is 0.667 bits per heavy atom. The maximum atomic E-state index is 14.8. The second-order valence-electron chi connectivity index (χ2n) is 6.49. The first kappa shape index (κ1) is 19.5. The van der Waals surface area contributed by atoms with Gasteiger partial charge in [0.1, 0.15) is 0 Å². The van der Waals surface area contributed by atoms with E-state index >= 15 is 0 Å². The normalized spacial score (nSPS) is 20.1. The monoisotopic (exact) mass is 384 g/mol. The molecule has 0 unspecified atom stereocenters.